The number of carbonyl (C=O) groups is 2. The van der Waals surface area contributed by atoms with Crippen molar-refractivity contribution in [1.29, 1.82) is 0 Å². The molecule has 2 saturated carbocycles. The van der Waals surface area contributed by atoms with Crippen LogP contribution in [0.2, 0.25) is 0 Å². The number of aliphatic hydroxyl groups is 3. The molecule has 7 N–H and O–H groups in total. The second-order valence-corrected chi connectivity index (χ2v) is 19.2. The number of carbonyl (C=O) groups excluding carboxylic acids is 2. The molecular weight excluding hydrogens is 808 g/mol. The van der Waals surface area contributed by atoms with Crippen LogP contribution in [-0.2, 0) is 26.9 Å². The highest BCUT2D eigenvalue weighted by Crippen LogP contribution is 2.62. The molecule has 2 aromatic rings. The van der Waals surface area contributed by atoms with Crippen LogP contribution < -0.4 is 16.0 Å². The van der Waals surface area contributed by atoms with Gasteiger partial charge in [0, 0.05) is 38.1 Å². The van der Waals surface area contributed by atoms with Crippen LogP contribution >= 0.6 is 0 Å². The molecule has 342 valence electrons. The van der Waals surface area contributed by atoms with Crippen molar-refractivity contribution in [1.82, 2.24) is 30.4 Å². The number of rotatable bonds is 12. The summed E-state index contributed by atoms with van der Waals surface area (Å²) in [6.45, 7) is 6.41. The predicted molar refractivity (Wildman–Crippen MR) is 223 cm³/mol. The van der Waals surface area contributed by atoms with E-state index in [4.69, 9.17) is 4.74 Å². The Bertz CT molecular complexity index is 1880. The first kappa shape index (κ1) is 45.0. The molecule has 10 atom stereocenters. The van der Waals surface area contributed by atoms with Gasteiger partial charge in [-0.15, -0.1) is 0 Å². The summed E-state index contributed by atoms with van der Waals surface area (Å²) in [5.41, 5.74) is 1.43. The number of phenolic OH excluding ortho intramolecular Hbond substituents is 1. The molecule has 62 heavy (non-hydrogen) atoms. The van der Waals surface area contributed by atoms with Crippen LogP contribution in [0.25, 0.3) is 0 Å². The summed E-state index contributed by atoms with van der Waals surface area (Å²) in [5, 5.41) is 51.4. The molecule has 6 aliphatic rings. The molecule has 3 aliphatic heterocycles. The first-order valence-corrected chi connectivity index (χ1v) is 22.8. The highest BCUT2D eigenvalue weighted by Gasteiger charge is 2.56. The molecule has 0 bridgehead atoms. The zero-order valence-corrected chi connectivity index (χ0v) is 35.6. The minimum atomic E-state index is -4.68. The van der Waals surface area contributed by atoms with Gasteiger partial charge in [0.25, 0.3) is 0 Å². The summed E-state index contributed by atoms with van der Waals surface area (Å²) in [4.78, 5) is 37.9. The maximum Gasteiger partial charge on any atom is 0.434 e. The lowest BCUT2D eigenvalue weighted by molar-refractivity contribution is -0.144. The van der Waals surface area contributed by atoms with Gasteiger partial charge in [0.1, 0.15) is 29.9 Å². The van der Waals surface area contributed by atoms with Crippen molar-refractivity contribution >= 4 is 17.6 Å². The van der Waals surface area contributed by atoms with E-state index in [2.05, 4.69) is 48.7 Å². The normalized spacial score (nSPS) is 33.6. The molecule has 4 heterocycles. The third kappa shape index (κ3) is 9.72. The lowest BCUT2D eigenvalue weighted by Gasteiger charge is -2.53. The number of benzene rings is 1. The number of anilines is 1. The number of aromatic hydroxyl groups is 1. The largest absolute Gasteiger partial charge is 0.508 e. The van der Waals surface area contributed by atoms with Gasteiger partial charge in [0.15, 0.2) is 5.69 Å². The number of fused-ring (bicyclic) bond motifs is 5. The number of alkyl halides is 3. The van der Waals surface area contributed by atoms with Gasteiger partial charge in [-0.2, -0.15) is 13.2 Å². The first-order chi connectivity index (χ1) is 29.7. The molecule has 1 aromatic carbocycles. The molecule has 4 unspecified atom stereocenters. The topological polar surface area (TPSA) is 193 Å². The summed E-state index contributed by atoms with van der Waals surface area (Å²) in [6.07, 6.45) is 3.29. The molecule has 1 aromatic heterocycles. The quantitative estimate of drug-likeness (QED) is 0.154. The Morgan fingerprint density at radius 1 is 0.968 bits per heavy atom. The van der Waals surface area contributed by atoms with Gasteiger partial charge in [-0.3, -0.25) is 19.5 Å². The molecular formula is C45H64F3N7O7. The number of aliphatic hydroxyl groups excluding tert-OH is 3. The minimum Gasteiger partial charge on any atom is -0.508 e. The molecule has 17 heteroatoms. The van der Waals surface area contributed by atoms with E-state index in [1.807, 2.05) is 12.1 Å². The molecule has 5 fully saturated rings. The molecule has 8 rings (SSSR count). The van der Waals surface area contributed by atoms with Crippen molar-refractivity contribution in [2.45, 2.75) is 126 Å². The van der Waals surface area contributed by atoms with Gasteiger partial charge in [-0.25, -0.2) is 4.98 Å². The van der Waals surface area contributed by atoms with E-state index in [0.717, 1.165) is 90.2 Å². The van der Waals surface area contributed by atoms with E-state index in [-0.39, 0.29) is 48.2 Å². The Hall–Kier alpha value is -3.61. The first-order valence-electron chi connectivity index (χ1n) is 22.8. The average Bonchev–Trinajstić information content (AvgIpc) is 3.56. The van der Waals surface area contributed by atoms with E-state index < -0.39 is 36.2 Å². The fraction of sp³-hybridized carbons (Fsp3) is 0.733. The zero-order valence-electron chi connectivity index (χ0n) is 35.6. The van der Waals surface area contributed by atoms with Crippen LogP contribution in [0.5, 0.6) is 5.75 Å². The standard InChI is InChI=1S/C45H64F3N7O7/c1-44-13-8-32-31-5-4-30(56)20-28(31)19-27(40(32)33(44)6-7-37(44)57)3-2-14-50-39(58)24-54-15-11-29(12-16-54)55-17-9-26(10-18-55)43(61)51-21-35-42(60)41(59)34(25-62-35)52-38-23-49-22-36(53-38)45(46,47)48/h4-5,20,22-23,26-27,29,32-35,37,40-42,56-57,59-60H,2-3,6-19,21,24-25H2,1H3,(H,50,58)(H,51,61)(H,52,53)/t27?,32?,33?,34-,35+,37-,40?,41+,42-,44-/m0/s1. The molecule has 3 saturated heterocycles. The van der Waals surface area contributed by atoms with E-state index >= 15 is 0 Å². The predicted octanol–water partition coefficient (Wildman–Crippen LogP) is 3.43. The average molecular weight is 872 g/mol. The van der Waals surface area contributed by atoms with Crippen molar-refractivity contribution in [3.8, 4) is 5.75 Å². The van der Waals surface area contributed by atoms with E-state index in [1.165, 1.54) is 11.1 Å². The van der Waals surface area contributed by atoms with Crippen LogP contribution in [0, 0.1) is 29.1 Å². The Balaban J connectivity index is 0.715. The second kappa shape index (κ2) is 18.9. The fourth-order valence-electron chi connectivity index (χ4n) is 12.1. The van der Waals surface area contributed by atoms with E-state index in [9.17, 15) is 43.2 Å². The number of hydrogen-bond donors (Lipinski definition) is 7. The minimum absolute atomic E-state index is 0.0202. The van der Waals surface area contributed by atoms with Crippen molar-refractivity contribution in [3.63, 3.8) is 0 Å². The summed E-state index contributed by atoms with van der Waals surface area (Å²) in [7, 11) is 0. The molecule has 0 radical (unpaired) electrons. The maximum atomic E-state index is 13.1. The number of aromatic nitrogens is 2. The number of ether oxygens (including phenoxy) is 1. The van der Waals surface area contributed by atoms with Crippen molar-refractivity contribution < 1.29 is 47.9 Å². The monoisotopic (exact) mass is 871 g/mol. The molecule has 14 nitrogen and oxygen atoms in total. The van der Waals surface area contributed by atoms with E-state index in [1.54, 1.807) is 0 Å². The summed E-state index contributed by atoms with van der Waals surface area (Å²) in [6, 6.07) is 5.36. The lowest BCUT2D eigenvalue weighted by atomic mass is 9.52. The third-order valence-corrected chi connectivity index (χ3v) is 15.6. The SMILES string of the molecule is C[C@]12CCC3c4ccc(O)cc4CC(CCCNC(=O)CN4CCC(N5CCC(C(=O)NC[C@H]6OC[C@H](Nc7cncc(C(F)(F)F)n7)[C@@H](O)[C@H]6O)CC5)CC4)C3C1CC[C@@H]2O. The fourth-order valence-corrected chi connectivity index (χ4v) is 12.1. The number of nitrogens with zero attached hydrogens (tertiary/aromatic N) is 4. The Morgan fingerprint density at radius 2 is 1.74 bits per heavy atom. The van der Waals surface area contributed by atoms with Gasteiger partial charge in [-0.05, 0) is 136 Å². The molecule has 2 amide bonds. The summed E-state index contributed by atoms with van der Waals surface area (Å²) < 4.78 is 44.8. The molecule has 0 spiro atoms. The van der Waals surface area contributed by atoms with Gasteiger partial charge >= 0.3 is 6.18 Å². The van der Waals surface area contributed by atoms with Crippen LogP contribution in [-0.4, -0.2) is 141 Å². The van der Waals surface area contributed by atoms with Gasteiger partial charge in [0.2, 0.25) is 11.8 Å². The van der Waals surface area contributed by atoms with Gasteiger partial charge in [0.05, 0.1) is 37.7 Å². The summed E-state index contributed by atoms with van der Waals surface area (Å²) in [5.74, 6) is 1.75. The number of amides is 2. The highest BCUT2D eigenvalue weighted by molar-refractivity contribution is 5.79. The number of hydrogen-bond acceptors (Lipinski definition) is 12. The smallest absolute Gasteiger partial charge is 0.434 e. The van der Waals surface area contributed by atoms with Crippen LogP contribution in [0.1, 0.15) is 93.9 Å². The van der Waals surface area contributed by atoms with Gasteiger partial charge in [-0.1, -0.05) is 13.0 Å². The van der Waals surface area contributed by atoms with Crippen LogP contribution in [0.3, 0.4) is 0 Å². The summed E-state index contributed by atoms with van der Waals surface area (Å²) >= 11 is 0. The zero-order chi connectivity index (χ0) is 43.8. The van der Waals surface area contributed by atoms with E-state index in [0.29, 0.717) is 67.6 Å². The van der Waals surface area contributed by atoms with Crippen molar-refractivity contribution in [2.24, 2.45) is 29.1 Å². The van der Waals surface area contributed by atoms with Crippen LogP contribution in [0.4, 0.5) is 19.0 Å². The number of halogens is 3. The third-order valence-electron chi connectivity index (χ3n) is 15.6. The Morgan fingerprint density at radius 3 is 2.50 bits per heavy atom. The second-order valence-electron chi connectivity index (χ2n) is 19.2. The van der Waals surface area contributed by atoms with Crippen LogP contribution in [0.15, 0.2) is 30.6 Å². The lowest BCUT2D eigenvalue weighted by Crippen LogP contribution is -2.58. The maximum absolute atomic E-state index is 13.1. The molecule has 3 aliphatic carbocycles. The number of piperidine rings is 2. The van der Waals surface area contributed by atoms with Crippen molar-refractivity contribution in [3.05, 3.63) is 47.4 Å². The number of phenols is 1. The Kier molecular flexibility index (Phi) is 13.7. The number of nitrogens with one attached hydrogen (secondary N) is 3. The number of likely N-dealkylation sites (tertiary alicyclic amines) is 2. The highest BCUT2D eigenvalue weighted by atomic mass is 19.4. The van der Waals surface area contributed by atoms with Crippen molar-refractivity contribution in [2.75, 3.05) is 57.7 Å². The Labute approximate surface area is 361 Å². The van der Waals surface area contributed by atoms with Gasteiger partial charge < -0.3 is 46.0 Å².